The molecule has 2 aliphatic heterocycles. The Hall–Kier alpha value is -10.8. The van der Waals surface area contributed by atoms with Crippen molar-refractivity contribution in [3.63, 3.8) is 0 Å². The number of Topliss-reactive ketones (excluding diaryl/α,β-unsaturated/α-hetero) is 4. The highest BCUT2D eigenvalue weighted by molar-refractivity contribution is 9.09. The Morgan fingerprint density at radius 3 is 1.30 bits per heavy atom. The highest BCUT2D eigenvalue weighted by Gasteiger charge is 2.39. The number of nitrogens with one attached hydrogen (secondary N) is 3. The molecule has 8 aromatic carbocycles. The Kier molecular flexibility index (Phi) is 37.6. The van der Waals surface area contributed by atoms with Crippen LogP contribution in [-0.4, -0.2) is 144 Å². The molecule has 0 aliphatic carbocycles. The molecule has 2 aliphatic rings. The number of aryl methyl sites for hydroxylation is 2. The second-order valence-electron chi connectivity index (χ2n) is 33.0. The van der Waals surface area contributed by atoms with E-state index in [-0.39, 0.29) is 79.5 Å². The molecule has 4 N–H and O–H groups in total. The van der Waals surface area contributed by atoms with E-state index in [9.17, 15) is 57.8 Å². The van der Waals surface area contributed by atoms with Crippen LogP contribution in [0.4, 0.5) is 4.79 Å². The van der Waals surface area contributed by atoms with Crippen molar-refractivity contribution in [1.29, 1.82) is 0 Å². The third-order valence-corrected chi connectivity index (χ3v) is 23.1. The van der Waals surface area contributed by atoms with E-state index < -0.39 is 83.0 Å². The van der Waals surface area contributed by atoms with Gasteiger partial charge in [0.25, 0.3) is 0 Å². The molecule has 660 valence electrons. The minimum Gasteiger partial charge on any atom is -0.507 e. The molecule has 8 atom stereocenters. The molecule has 0 aromatic heterocycles. The van der Waals surface area contributed by atoms with E-state index in [4.69, 9.17) is 42.1 Å². The van der Waals surface area contributed by atoms with Crippen LogP contribution in [0.5, 0.6) is 11.5 Å². The summed E-state index contributed by atoms with van der Waals surface area (Å²) < 4.78 is 21.3. The standard InChI is InChI=1S/C48H55ClN2O7.C45H49ClN2O7.C7H14BrNO2/c1-7-9-10-11-37(29-42(52)35-16-14-33(15-17-35)34-18-21-38(49)22-19-34)47(55)51(5)45-36-20-23-44(58-24-8-2)40(28-36)39-26-32(13-12-30(39)3)27-41(48(56)57-6)50-46(54)31(4)25-43(45)53;1-6-7-8-9-34(26-40(50)32-14-12-30(13-15-32)31-16-19-35(46)20-17-31)44(53)48(4)42-33-18-21-39(49)37(25-33)36-23-29(11-10-27(36)2)24-38(45(54)55-5)47-43(52)28(3)22-41(42)51;1-7(2,3)11-6(10)9-5-4-8/h12-23,26,28,31,37,41,45H,7-11,24-25,27,29H2,1-6H3,(H,50,54);10-21,23,25,28,34,38,42,49H,6-9,22,24,26H2,1-5H3,(H,47,52);4-5H2,1-3H3,(H,9,10)/t31-,37-,41+,45+;28-,34-,38+,42+;/m11./s1. The summed E-state index contributed by atoms with van der Waals surface area (Å²) in [6, 6.07) is 47.1. The lowest BCUT2D eigenvalue weighted by Crippen LogP contribution is -2.46. The number of fused-ring (bicyclic) bond motifs is 10. The fraction of sp³-hybridized carbons (Fsp3) is 0.410. The van der Waals surface area contributed by atoms with Crippen molar-refractivity contribution < 1.29 is 76.8 Å². The Morgan fingerprint density at radius 1 is 0.516 bits per heavy atom. The smallest absolute Gasteiger partial charge is 0.407 e. The van der Waals surface area contributed by atoms with Gasteiger partial charge in [-0.2, -0.15) is 0 Å². The number of ether oxygens (including phenoxy) is 4. The first-order chi connectivity index (χ1) is 59.1. The summed E-state index contributed by atoms with van der Waals surface area (Å²) in [5, 5.41) is 21.3. The summed E-state index contributed by atoms with van der Waals surface area (Å²) in [6.07, 6.45) is 6.24. The number of carbonyl (C=O) groups is 11. The summed E-state index contributed by atoms with van der Waals surface area (Å²) in [6.45, 7) is 19.8. The number of benzene rings is 8. The molecule has 8 bridgehead atoms. The maximum atomic E-state index is 14.7. The van der Waals surface area contributed by atoms with Crippen LogP contribution in [0.15, 0.2) is 170 Å². The number of nitrogens with zero attached hydrogens (tertiary/aromatic N) is 2. The average molecular weight is 1800 g/mol. The van der Waals surface area contributed by atoms with Gasteiger partial charge in [0.1, 0.15) is 41.3 Å². The number of aromatic hydroxyl groups is 1. The van der Waals surface area contributed by atoms with E-state index in [0.29, 0.717) is 75.2 Å². The van der Waals surface area contributed by atoms with Crippen LogP contribution >= 0.6 is 39.1 Å². The summed E-state index contributed by atoms with van der Waals surface area (Å²) in [4.78, 5) is 152. The number of carbonyl (C=O) groups excluding carboxylic acids is 11. The highest BCUT2D eigenvalue weighted by Crippen LogP contribution is 2.41. The zero-order chi connectivity index (χ0) is 90.6. The molecule has 0 fully saturated rings. The number of alkyl carbamates (subject to hydrolysis) is 1. The number of likely N-dealkylation sites (N-methyl/N-ethyl adjacent to an activating group) is 2. The Morgan fingerprint density at radius 2 is 0.911 bits per heavy atom. The number of ketones is 4. The maximum absolute atomic E-state index is 14.7. The largest absolute Gasteiger partial charge is 0.507 e. The van der Waals surface area contributed by atoms with Crippen LogP contribution in [0, 0.1) is 37.5 Å². The SMILES string of the molecule is CC(C)(C)OC(=O)NCCBr.CCCCC[C@H](CC(=O)c1ccc(-c2ccc(Cl)cc2)cc1)C(=O)N(C)[C@@H]1C(=O)C[C@@H](C)C(=O)N[C@H](C(=O)OC)Cc2ccc(C)c(c2)-c2cc1ccc2O.CCCCC[C@H](CC(=O)c1ccc(-c2ccc(Cl)cc2)cc1)C(=O)N(C)[C@@H]1C(=O)C[C@@H](C)C(=O)N[C@H](C(=O)OC)Cc2ccc(C)c(c2)-c2cc1ccc2OCCC. The number of alkyl halides is 1. The molecule has 8 aromatic rings. The quantitative estimate of drug-likeness (QED) is 0.0122. The van der Waals surface area contributed by atoms with Crippen LogP contribution in [0.2, 0.25) is 10.0 Å². The van der Waals surface area contributed by atoms with E-state index in [2.05, 4.69) is 45.7 Å². The van der Waals surface area contributed by atoms with Gasteiger partial charge in [-0.15, -0.1) is 0 Å². The number of phenolic OH excluding ortho intramolecular Hbond substituents is 1. The van der Waals surface area contributed by atoms with Crippen molar-refractivity contribution in [2.45, 2.75) is 195 Å². The van der Waals surface area contributed by atoms with Crippen molar-refractivity contribution in [2.24, 2.45) is 23.7 Å². The zero-order valence-corrected chi connectivity index (χ0v) is 76.7. The van der Waals surface area contributed by atoms with Crippen molar-refractivity contribution in [3.8, 4) is 56.0 Å². The zero-order valence-electron chi connectivity index (χ0n) is 73.6. The molecule has 0 spiro atoms. The van der Waals surface area contributed by atoms with Gasteiger partial charge >= 0.3 is 18.0 Å². The van der Waals surface area contributed by atoms with Gasteiger partial charge in [0.15, 0.2) is 23.1 Å². The molecule has 0 saturated heterocycles. The Bertz CT molecular complexity index is 5050. The molecular weight excluding hydrogens is 1680 g/mol. The number of phenols is 1. The minimum absolute atomic E-state index is 0.0208. The normalized spacial score (nSPS) is 17.0. The number of rotatable bonds is 27. The van der Waals surface area contributed by atoms with Crippen molar-refractivity contribution in [1.82, 2.24) is 25.8 Å². The molecule has 21 nitrogen and oxygen atoms in total. The van der Waals surface area contributed by atoms with Gasteiger partial charge in [-0.25, -0.2) is 14.4 Å². The van der Waals surface area contributed by atoms with Crippen LogP contribution in [0.25, 0.3) is 44.5 Å². The molecule has 10 rings (SSSR count). The first-order valence-corrected chi connectivity index (χ1v) is 44.4. The first-order valence-electron chi connectivity index (χ1n) is 42.6. The van der Waals surface area contributed by atoms with Gasteiger partial charge in [-0.1, -0.05) is 234 Å². The topological polar surface area (TPSA) is 287 Å². The third kappa shape index (κ3) is 27.8. The van der Waals surface area contributed by atoms with E-state index in [0.717, 1.165) is 106 Å². The molecule has 0 radical (unpaired) electrons. The number of unbranched alkanes of at least 4 members (excludes halogenated alkanes) is 4. The number of esters is 2. The molecule has 2 heterocycles. The second kappa shape index (κ2) is 47.3. The fourth-order valence-corrected chi connectivity index (χ4v) is 15.7. The Labute approximate surface area is 747 Å². The fourth-order valence-electron chi connectivity index (χ4n) is 15.3. The third-order valence-electron chi connectivity index (χ3n) is 22.2. The van der Waals surface area contributed by atoms with E-state index in [1.54, 1.807) is 64.3 Å². The molecular formula is C100H118BrCl2N5O16. The van der Waals surface area contributed by atoms with Crippen LogP contribution in [0.1, 0.15) is 205 Å². The number of halogens is 3. The van der Waals surface area contributed by atoms with E-state index >= 15 is 0 Å². The Balaban J connectivity index is 0.000000274. The predicted molar refractivity (Wildman–Crippen MR) is 490 cm³/mol. The average Bonchev–Trinajstić information content (AvgIpc) is 0.783. The van der Waals surface area contributed by atoms with Crippen molar-refractivity contribution in [2.75, 3.05) is 46.8 Å². The van der Waals surface area contributed by atoms with Crippen LogP contribution < -0.4 is 20.7 Å². The summed E-state index contributed by atoms with van der Waals surface area (Å²) >= 11 is 15.3. The summed E-state index contributed by atoms with van der Waals surface area (Å²) in [5.74, 6) is -6.46. The van der Waals surface area contributed by atoms with E-state index in [1.165, 1.54) is 30.1 Å². The number of hydrogen-bond acceptors (Lipinski definition) is 16. The number of hydrogen-bond donors (Lipinski definition) is 4. The van der Waals surface area contributed by atoms with Crippen LogP contribution in [-0.2, 0) is 65.4 Å². The molecule has 0 unspecified atom stereocenters. The van der Waals surface area contributed by atoms with Crippen LogP contribution in [0.3, 0.4) is 0 Å². The van der Waals surface area contributed by atoms with Gasteiger partial charge in [0.05, 0.1) is 20.8 Å². The lowest BCUT2D eigenvalue weighted by atomic mass is 9.87. The number of methoxy groups -OCH3 is 2. The lowest BCUT2D eigenvalue weighted by Gasteiger charge is -2.32. The maximum Gasteiger partial charge on any atom is 0.407 e. The van der Waals surface area contributed by atoms with Gasteiger partial charge in [0.2, 0.25) is 23.6 Å². The minimum atomic E-state index is -1.13. The van der Waals surface area contributed by atoms with Crippen molar-refractivity contribution >= 4 is 104 Å². The monoisotopic (exact) mass is 1790 g/mol. The summed E-state index contributed by atoms with van der Waals surface area (Å²) in [5.41, 5.74) is 11.4. The lowest BCUT2D eigenvalue weighted by molar-refractivity contribution is -0.146. The van der Waals surface area contributed by atoms with Crippen molar-refractivity contribution in [3.05, 3.63) is 224 Å². The summed E-state index contributed by atoms with van der Waals surface area (Å²) in [7, 11) is 5.69. The first kappa shape index (κ1) is 98.6. The van der Waals surface area contributed by atoms with Gasteiger partial charge in [0, 0.05) is 120 Å². The number of amides is 5. The van der Waals surface area contributed by atoms with E-state index in [1.807, 2.05) is 169 Å². The van der Waals surface area contributed by atoms with Gasteiger partial charge < -0.3 is 49.8 Å². The van der Waals surface area contributed by atoms with Gasteiger partial charge in [-0.3, -0.25) is 38.4 Å². The second-order valence-corrected chi connectivity index (χ2v) is 34.7. The predicted octanol–water partition coefficient (Wildman–Crippen LogP) is 19.9. The van der Waals surface area contributed by atoms with Gasteiger partial charge in [-0.05, 0) is 169 Å². The molecule has 5 amide bonds. The molecule has 0 saturated carbocycles. The molecule has 24 heteroatoms. The molecule has 124 heavy (non-hydrogen) atoms. The highest BCUT2D eigenvalue weighted by atomic mass is 79.9.